The van der Waals surface area contributed by atoms with Gasteiger partial charge in [0.1, 0.15) is 0 Å². The van der Waals surface area contributed by atoms with Crippen molar-refractivity contribution in [2.75, 3.05) is 5.73 Å². The fourth-order valence-electron chi connectivity index (χ4n) is 2.37. The number of hydrogen-bond acceptors (Lipinski definition) is 10. The van der Waals surface area contributed by atoms with Crippen LogP contribution in [0.15, 0.2) is 56.4 Å². The van der Waals surface area contributed by atoms with E-state index in [1.807, 2.05) is 29.6 Å². The molecule has 0 aliphatic heterocycles. The number of aromatic nitrogens is 5. The van der Waals surface area contributed by atoms with Crippen molar-refractivity contribution in [1.82, 2.24) is 30.7 Å². The lowest BCUT2D eigenvalue weighted by Crippen LogP contribution is -2.20. The van der Waals surface area contributed by atoms with Gasteiger partial charge < -0.3 is 5.73 Å². The number of hydrogen-bond donors (Lipinski definition) is 2. The van der Waals surface area contributed by atoms with Crippen LogP contribution in [0.4, 0.5) is 5.82 Å². The van der Waals surface area contributed by atoms with Crippen molar-refractivity contribution >= 4 is 52.6 Å². The molecule has 0 unspecified atom stereocenters. The zero-order valence-corrected chi connectivity index (χ0v) is 17.5. The van der Waals surface area contributed by atoms with Crippen molar-refractivity contribution in [1.29, 1.82) is 0 Å². The van der Waals surface area contributed by atoms with Crippen LogP contribution in [0.25, 0.3) is 5.82 Å². The van der Waals surface area contributed by atoms with E-state index in [-0.39, 0.29) is 17.3 Å². The second-order valence-corrected chi connectivity index (χ2v) is 8.19. The molecular formula is C17H13ClN8O2S2. The van der Waals surface area contributed by atoms with E-state index in [4.69, 9.17) is 17.3 Å². The van der Waals surface area contributed by atoms with Crippen LogP contribution in [0, 0.1) is 0 Å². The highest BCUT2D eigenvalue weighted by Gasteiger charge is 2.24. The summed E-state index contributed by atoms with van der Waals surface area (Å²) in [5, 5.41) is 21.8. The lowest BCUT2D eigenvalue weighted by Gasteiger charge is -2.06. The third kappa shape index (κ3) is 4.50. The van der Waals surface area contributed by atoms with Gasteiger partial charge in [-0.15, -0.1) is 28.2 Å². The Morgan fingerprint density at radius 2 is 2.17 bits per heavy atom. The summed E-state index contributed by atoms with van der Waals surface area (Å²) >= 11 is 8.90. The van der Waals surface area contributed by atoms with E-state index < -0.39 is 5.91 Å². The van der Waals surface area contributed by atoms with Crippen LogP contribution in [-0.4, -0.2) is 37.4 Å². The molecule has 1 aromatic carbocycles. The molecule has 0 radical (unpaired) electrons. The molecule has 3 aromatic heterocycles. The van der Waals surface area contributed by atoms with E-state index in [2.05, 4.69) is 35.8 Å². The molecule has 1 amide bonds. The molecule has 0 saturated carbocycles. The number of carbonyl (C=O) groups excluding carboxylic acids is 1. The van der Waals surface area contributed by atoms with Gasteiger partial charge >= 0.3 is 0 Å². The molecule has 10 nitrogen and oxygen atoms in total. The Labute approximate surface area is 183 Å². The van der Waals surface area contributed by atoms with Crippen LogP contribution in [0.3, 0.4) is 0 Å². The van der Waals surface area contributed by atoms with Crippen molar-refractivity contribution in [3.8, 4) is 5.82 Å². The van der Waals surface area contributed by atoms with Crippen LogP contribution in [-0.2, 0) is 5.75 Å². The number of thioether (sulfide) groups is 1. The number of anilines is 1. The molecule has 3 N–H and O–H groups in total. The third-order valence-corrected chi connectivity index (χ3v) is 5.85. The van der Waals surface area contributed by atoms with Crippen molar-refractivity contribution in [3.05, 3.63) is 63.1 Å². The molecular weight excluding hydrogens is 448 g/mol. The molecule has 0 spiro atoms. The second-order valence-electron chi connectivity index (χ2n) is 5.73. The summed E-state index contributed by atoms with van der Waals surface area (Å²) in [5.74, 6) is 0.00431. The number of nitrogen functional groups attached to an aromatic ring is 1. The number of rotatable bonds is 7. The maximum absolute atomic E-state index is 12.7. The highest BCUT2D eigenvalue weighted by Crippen LogP contribution is 2.27. The fourth-order valence-corrected chi connectivity index (χ4v) is 3.97. The summed E-state index contributed by atoms with van der Waals surface area (Å²) in [5.41, 5.74) is 8.79. The molecule has 4 rings (SSSR count). The Hall–Kier alpha value is -3.22. The largest absolute Gasteiger partial charge is 0.378 e. The molecule has 0 aliphatic rings. The molecule has 0 aliphatic carbocycles. The first-order valence-electron chi connectivity index (χ1n) is 8.40. The van der Waals surface area contributed by atoms with Gasteiger partial charge in [-0.2, -0.15) is 9.78 Å². The molecule has 152 valence electrons. The Bertz CT molecular complexity index is 1170. The summed E-state index contributed by atoms with van der Waals surface area (Å²) in [6.45, 7) is 0. The molecule has 0 atom stereocenters. The number of nitrogens with zero attached hydrogens (tertiary/aromatic N) is 6. The van der Waals surface area contributed by atoms with Gasteiger partial charge in [0, 0.05) is 20.5 Å². The number of thiophene rings is 1. The van der Waals surface area contributed by atoms with Gasteiger partial charge in [-0.1, -0.05) is 22.9 Å². The average molecular weight is 461 g/mol. The molecule has 0 bridgehead atoms. The minimum atomic E-state index is -0.518. The van der Waals surface area contributed by atoms with Crippen molar-refractivity contribution in [2.45, 2.75) is 10.6 Å². The van der Waals surface area contributed by atoms with E-state index in [1.165, 1.54) is 27.8 Å². The predicted octanol–water partition coefficient (Wildman–Crippen LogP) is 3.00. The topological polar surface area (TPSA) is 137 Å². The van der Waals surface area contributed by atoms with Crippen LogP contribution < -0.4 is 11.2 Å². The standard InChI is InChI=1S/C17H13ClN8O2S2/c18-10-3-5-11(6-4-10)30-9-13-14(17(27)22-20-8-12-2-1-7-29-12)21-25-26(13)16-15(19)23-28-24-16/h1-8H,9H2,(H2,19,23)(H,22,27)/b20-8-. The number of halogens is 1. The van der Waals surface area contributed by atoms with Gasteiger partial charge in [-0.05, 0) is 46.0 Å². The number of nitrogens with two attached hydrogens (primary N) is 1. The molecule has 4 aromatic rings. The number of nitrogens with one attached hydrogen (secondary N) is 1. The average Bonchev–Trinajstić information content (AvgIpc) is 3.48. The van der Waals surface area contributed by atoms with Crippen molar-refractivity contribution in [3.63, 3.8) is 0 Å². The lowest BCUT2D eigenvalue weighted by molar-refractivity contribution is 0.0949. The Balaban J connectivity index is 1.59. The van der Waals surface area contributed by atoms with E-state index in [9.17, 15) is 4.79 Å². The lowest BCUT2D eigenvalue weighted by atomic mass is 10.3. The smallest absolute Gasteiger partial charge is 0.293 e. The molecule has 0 fully saturated rings. The fraction of sp³-hybridized carbons (Fsp3) is 0.0588. The van der Waals surface area contributed by atoms with Gasteiger partial charge in [-0.3, -0.25) is 4.79 Å². The number of carbonyl (C=O) groups is 1. The van der Waals surface area contributed by atoms with Gasteiger partial charge in [0.25, 0.3) is 5.91 Å². The van der Waals surface area contributed by atoms with E-state index in [0.717, 1.165) is 9.77 Å². The first-order chi connectivity index (χ1) is 14.6. The van der Waals surface area contributed by atoms with Crippen molar-refractivity contribution in [2.24, 2.45) is 5.10 Å². The molecule has 30 heavy (non-hydrogen) atoms. The van der Waals surface area contributed by atoms with Gasteiger partial charge in [-0.25, -0.2) is 10.1 Å². The first-order valence-corrected chi connectivity index (χ1v) is 10.6. The van der Waals surface area contributed by atoms with Crippen LogP contribution >= 0.6 is 34.7 Å². The Morgan fingerprint density at radius 3 is 2.87 bits per heavy atom. The minimum Gasteiger partial charge on any atom is -0.378 e. The minimum absolute atomic E-state index is 0.0281. The Kier molecular flexibility index (Phi) is 6.07. The SMILES string of the molecule is Nc1nonc1-n1nnc(C(=O)N/N=C\c2cccs2)c1CSc1ccc(Cl)cc1. The normalized spacial score (nSPS) is 11.2. The van der Waals surface area contributed by atoms with Crippen LogP contribution in [0.2, 0.25) is 5.02 Å². The van der Waals surface area contributed by atoms with Crippen LogP contribution in [0.5, 0.6) is 0 Å². The second kappa shape index (κ2) is 9.07. The summed E-state index contributed by atoms with van der Waals surface area (Å²) in [4.78, 5) is 14.5. The van der Waals surface area contributed by atoms with Crippen LogP contribution in [0.1, 0.15) is 21.1 Å². The maximum Gasteiger partial charge on any atom is 0.293 e. The number of hydrazone groups is 1. The number of amides is 1. The highest BCUT2D eigenvalue weighted by atomic mass is 35.5. The van der Waals surface area contributed by atoms with E-state index in [1.54, 1.807) is 18.3 Å². The van der Waals surface area contributed by atoms with Gasteiger partial charge in [0.05, 0.1) is 11.9 Å². The predicted molar refractivity (Wildman–Crippen MR) is 114 cm³/mol. The zero-order valence-electron chi connectivity index (χ0n) is 15.1. The zero-order chi connectivity index (χ0) is 20.9. The summed E-state index contributed by atoms with van der Waals surface area (Å²) in [7, 11) is 0. The van der Waals surface area contributed by atoms with E-state index >= 15 is 0 Å². The summed E-state index contributed by atoms with van der Waals surface area (Å²) < 4.78 is 5.97. The van der Waals surface area contributed by atoms with Gasteiger partial charge in [0.15, 0.2) is 5.69 Å². The quantitative estimate of drug-likeness (QED) is 0.244. The monoisotopic (exact) mass is 460 g/mol. The first kappa shape index (κ1) is 20.1. The van der Waals surface area contributed by atoms with Crippen molar-refractivity contribution < 1.29 is 9.42 Å². The van der Waals surface area contributed by atoms with Gasteiger partial charge in [0.2, 0.25) is 11.6 Å². The summed E-state index contributed by atoms with van der Waals surface area (Å²) in [6.07, 6.45) is 1.55. The van der Waals surface area contributed by atoms with E-state index in [0.29, 0.717) is 16.5 Å². The third-order valence-electron chi connectivity index (χ3n) is 3.76. The molecule has 13 heteroatoms. The number of benzene rings is 1. The summed E-state index contributed by atoms with van der Waals surface area (Å²) in [6, 6.07) is 11.1. The maximum atomic E-state index is 12.7. The highest BCUT2D eigenvalue weighted by molar-refractivity contribution is 7.98. The molecule has 3 heterocycles. The molecule has 0 saturated heterocycles. The Morgan fingerprint density at radius 1 is 1.33 bits per heavy atom.